The van der Waals surface area contributed by atoms with Crippen LogP contribution in [0.25, 0.3) is 21.9 Å². The Morgan fingerprint density at radius 3 is 3.00 bits per heavy atom. The molecule has 0 bridgehead atoms. The van der Waals surface area contributed by atoms with Crippen molar-refractivity contribution in [1.29, 1.82) is 0 Å². The van der Waals surface area contributed by atoms with Crippen molar-refractivity contribution in [2.24, 2.45) is 7.05 Å². The summed E-state index contributed by atoms with van der Waals surface area (Å²) in [6, 6.07) is 6.29. The lowest BCUT2D eigenvalue weighted by atomic mass is 10.1. The number of rotatable bonds is 1. The molecule has 22 heavy (non-hydrogen) atoms. The molecule has 0 saturated carbocycles. The van der Waals surface area contributed by atoms with Crippen molar-refractivity contribution in [3.63, 3.8) is 0 Å². The highest BCUT2D eigenvalue weighted by Crippen LogP contribution is 2.28. The van der Waals surface area contributed by atoms with E-state index in [1.54, 1.807) is 10.8 Å². The first-order valence-electron chi connectivity index (χ1n) is 7.71. The van der Waals surface area contributed by atoms with Crippen LogP contribution in [0, 0.1) is 6.92 Å². The first kappa shape index (κ1) is 13.5. The van der Waals surface area contributed by atoms with Gasteiger partial charge in [0, 0.05) is 19.0 Å². The fourth-order valence-electron chi connectivity index (χ4n) is 3.41. The summed E-state index contributed by atoms with van der Waals surface area (Å²) in [5.74, 6) is 0. The van der Waals surface area contributed by atoms with E-state index in [1.807, 2.05) is 17.7 Å². The van der Waals surface area contributed by atoms with Gasteiger partial charge in [-0.2, -0.15) is 0 Å². The van der Waals surface area contributed by atoms with Crippen LogP contribution < -0.4 is 5.69 Å². The Kier molecular flexibility index (Phi) is 3.04. The van der Waals surface area contributed by atoms with Crippen LogP contribution in [0.1, 0.15) is 24.4 Å². The highest BCUT2D eigenvalue weighted by molar-refractivity contribution is 6.02. The van der Waals surface area contributed by atoms with Crippen molar-refractivity contribution < 1.29 is 4.74 Å². The zero-order chi connectivity index (χ0) is 15.3. The van der Waals surface area contributed by atoms with Gasteiger partial charge >= 0.3 is 5.69 Å². The predicted molar refractivity (Wildman–Crippen MR) is 86.3 cm³/mol. The topological polar surface area (TPSA) is 49.1 Å². The van der Waals surface area contributed by atoms with Gasteiger partial charge in [0.2, 0.25) is 0 Å². The minimum Gasteiger partial charge on any atom is -0.379 e. The molecule has 0 radical (unpaired) electrons. The monoisotopic (exact) mass is 297 g/mol. The summed E-state index contributed by atoms with van der Waals surface area (Å²) in [6.45, 7) is 3.46. The van der Waals surface area contributed by atoms with Crippen molar-refractivity contribution in [2.75, 3.05) is 13.2 Å². The average Bonchev–Trinajstić information content (AvgIpc) is 2.80. The largest absolute Gasteiger partial charge is 0.379 e. The fourth-order valence-corrected chi connectivity index (χ4v) is 3.41. The molecule has 0 N–H and O–H groups in total. The van der Waals surface area contributed by atoms with Gasteiger partial charge in [0.1, 0.15) is 0 Å². The van der Waals surface area contributed by atoms with Gasteiger partial charge in [0.05, 0.1) is 35.4 Å². The normalized spacial score (nSPS) is 19.1. The van der Waals surface area contributed by atoms with Crippen LogP contribution in [0.4, 0.5) is 0 Å². The summed E-state index contributed by atoms with van der Waals surface area (Å²) in [5, 5.41) is 1.04. The molecule has 5 heteroatoms. The number of fused-ring (bicyclic) bond motifs is 3. The zero-order valence-electron chi connectivity index (χ0n) is 12.9. The molecule has 0 unspecified atom stereocenters. The summed E-state index contributed by atoms with van der Waals surface area (Å²) < 4.78 is 9.21. The molecule has 0 amide bonds. The molecule has 1 saturated heterocycles. The molecule has 3 heterocycles. The van der Waals surface area contributed by atoms with Crippen molar-refractivity contribution in [3.8, 4) is 0 Å². The van der Waals surface area contributed by atoms with Gasteiger partial charge in [-0.05, 0) is 31.9 Å². The van der Waals surface area contributed by atoms with Gasteiger partial charge < -0.3 is 4.74 Å². The second-order valence-electron chi connectivity index (χ2n) is 6.10. The molecule has 0 aliphatic carbocycles. The van der Waals surface area contributed by atoms with E-state index in [4.69, 9.17) is 4.74 Å². The molecule has 1 fully saturated rings. The van der Waals surface area contributed by atoms with Crippen LogP contribution in [0.2, 0.25) is 0 Å². The first-order chi connectivity index (χ1) is 10.7. The van der Waals surface area contributed by atoms with Crippen molar-refractivity contribution in [1.82, 2.24) is 14.1 Å². The van der Waals surface area contributed by atoms with Gasteiger partial charge in [0.25, 0.3) is 0 Å². The van der Waals surface area contributed by atoms with E-state index in [2.05, 4.69) is 24.0 Å². The molecule has 5 nitrogen and oxygen atoms in total. The Balaban J connectivity index is 2.11. The lowest BCUT2D eigenvalue weighted by Gasteiger charge is -2.23. The Morgan fingerprint density at radius 1 is 1.36 bits per heavy atom. The number of ether oxygens (including phenoxy) is 1. The Hall–Kier alpha value is -2.14. The Morgan fingerprint density at radius 2 is 2.23 bits per heavy atom. The molecule has 1 atom stereocenters. The van der Waals surface area contributed by atoms with Crippen LogP contribution in [0.15, 0.2) is 29.2 Å². The number of benzene rings is 1. The Bertz CT molecular complexity index is 917. The minimum absolute atomic E-state index is 0.0151. The van der Waals surface area contributed by atoms with Gasteiger partial charge in [-0.25, -0.2) is 4.79 Å². The molecular weight excluding hydrogens is 278 g/mol. The van der Waals surface area contributed by atoms with Crippen molar-refractivity contribution >= 4 is 21.9 Å². The molecule has 1 aliphatic heterocycles. The molecule has 1 aliphatic rings. The van der Waals surface area contributed by atoms with Crippen LogP contribution >= 0.6 is 0 Å². The molecule has 3 aromatic rings. The van der Waals surface area contributed by atoms with Crippen molar-refractivity contribution in [3.05, 3.63) is 40.4 Å². The van der Waals surface area contributed by atoms with E-state index >= 15 is 0 Å². The average molecular weight is 297 g/mol. The van der Waals surface area contributed by atoms with E-state index in [-0.39, 0.29) is 11.7 Å². The molecule has 4 rings (SSSR count). The number of nitrogens with zero attached hydrogens (tertiary/aromatic N) is 3. The van der Waals surface area contributed by atoms with Crippen LogP contribution in [0.5, 0.6) is 0 Å². The Labute approximate surface area is 128 Å². The maximum atomic E-state index is 12.8. The highest BCUT2D eigenvalue weighted by atomic mass is 16.5. The van der Waals surface area contributed by atoms with Crippen LogP contribution in [-0.2, 0) is 11.8 Å². The second kappa shape index (κ2) is 4.95. The fraction of sp³-hybridized carbons (Fsp3) is 0.412. The van der Waals surface area contributed by atoms with E-state index in [1.165, 1.54) is 5.56 Å². The van der Waals surface area contributed by atoms with Gasteiger partial charge in [-0.1, -0.05) is 11.6 Å². The second-order valence-corrected chi connectivity index (χ2v) is 6.10. The number of hydrogen-bond acceptors (Lipinski definition) is 3. The third kappa shape index (κ3) is 1.89. The van der Waals surface area contributed by atoms with Crippen LogP contribution in [0.3, 0.4) is 0 Å². The van der Waals surface area contributed by atoms with Crippen molar-refractivity contribution in [2.45, 2.75) is 25.8 Å². The smallest absolute Gasteiger partial charge is 0.329 e. The van der Waals surface area contributed by atoms with E-state index < -0.39 is 0 Å². The first-order valence-corrected chi connectivity index (χ1v) is 7.71. The van der Waals surface area contributed by atoms with Gasteiger partial charge in [0.15, 0.2) is 0 Å². The maximum Gasteiger partial charge on any atom is 0.329 e. The molecule has 114 valence electrons. The third-order valence-corrected chi connectivity index (χ3v) is 4.57. The van der Waals surface area contributed by atoms with Crippen LogP contribution in [-0.4, -0.2) is 27.3 Å². The SMILES string of the molecule is Cc1ccc2ncc3c(c2c1)n([C@H]1CCCOC1)c(=O)n3C. The predicted octanol–water partition coefficient (Wildman–Crippen LogP) is 2.55. The third-order valence-electron chi connectivity index (χ3n) is 4.57. The number of imidazole rings is 1. The molecule has 2 aromatic heterocycles. The van der Waals surface area contributed by atoms with E-state index in [9.17, 15) is 4.79 Å². The number of hydrogen-bond donors (Lipinski definition) is 0. The number of aromatic nitrogens is 3. The molecule has 1 aromatic carbocycles. The maximum absolute atomic E-state index is 12.8. The van der Waals surface area contributed by atoms with E-state index in [0.29, 0.717) is 6.61 Å². The minimum atomic E-state index is 0.0151. The lowest BCUT2D eigenvalue weighted by Crippen LogP contribution is -2.31. The lowest BCUT2D eigenvalue weighted by molar-refractivity contribution is 0.0593. The quantitative estimate of drug-likeness (QED) is 0.693. The highest BCUT2D eigenvalue weighted by Gasteiger charge is 2.23. The number of pyridine rings is 1. The summed E-state index contributed by atoms with van der Waals surface area (Å²) in [4.78, 5) is 17.3. The molecule has 0 spiro atoms. The summed E-state index contributed by atoms with van der Waals surface area (Å²) >= 11 is 0. The molecular formula is C17H19N3O2. The van der Waals surface area contributed by atoms with E-state index in [0.717, 1.165) is 41.4 Å². The van der Waals surface area contributed by atoms with Gasteiger partial charge in [-0.15, -0.1) is 0 Å². The summed E-state index contributed by atoms with van der Waals surface area (Å²) in [5.41, 5.74) is 3.98. The summed E-state index contributed by atoms with van der Waals surface area (Å²) in [7, 11) is 1.81. The number of aryl methyl sites for hydroxylation is 2. The van der Waals surface area contributed by atoms with Gasteiger partial charge in [-0.3, -0.25) is 14.1 Å². The standard InChI is InChI=1S/C17H19N3O2/c1-11-5-6-14-13(8-11)16-15(9-18-14)19(2)17(21)20(16)12-4-3-7-22-10-12/h5-6,8-9,12H,3-4,7,10H2,1-2H3/t12-/m0/s1. The zero-order valence-corrected chi connectivity index (χ0v) is 12.9. The summed E-state index contributed by atoms with van der Waals surface area (Å²) in [6.07, 6.45) is 3.78.